The summed E-state index contributed by atoms with van der Waals surface area (Å²) in [5, 5.41) is 3.91. The number of rotatable bonds is 4. The minimum atomic E-state index is -2.43. The van der Waals surface area contributed by atoms with E-state index < -0.39 is 19.3 Å². The molecule has 0 saturated carbocycles. The van der Waals surface area contributed by atoms with Gasteiger partial charge in [-0.3, -0.25) is 0 Å². The van der Waals surface area contributed by atoms with Gasteiger partial charge in [-0.25, -0.2) is 0 Å². The first-order chi connectivity index (χ1) is 10.8. The molecule has 3 aromatic carbocycles. The van der Waals surface area contributed by atoms with Crippen molar-refractivity contribution in [1.29, 1.82) is 0 Å². The molecule has 0 aliphatic heterocycles. The quantitative estimate of drug-likeness (QED) is 0.440. The van der Waals surface area contributed by atoms with Gasteiger partial charge < -0.3 is 0 Å². The van der Waals surface area contributed by atoms with Gasteiger partial charge in [-0.2, -0.15) is 0 Å². The summed E-state index contributed by atoms with van der Waals surface area (Å²) < 4.78 is 0. The average molecular weight is 524 g/mol. The molecule has 0 heterocycles. The van der Waals surface area contributed by atoms with E-state index in [1.807, 2.05) is 18.2 Å². The molecule has 3 aromatic rings. The fraction of sp³-hybridized carbons (Fsp3) is 0. The van der Waals surface area contributed by atoms with Gasteiger partial charge in [-0.15, -0.1) is 0 Å². The van der Waals surface area contributed by atoms with Crippen molar-refractivity contribution < 1.29 is 13.7 Å². The van der Waals surface area contributed by atoms with Crippen LogP contribution in [0.15, 0.2) is 91.0 Å². The summed E-state index contributed by atoms with van der Waals surface area (Å²) in [7, 11) is 13.6. The summed E-state index contributed by atoms with van der Waals surface area (Å²) >= 11 is -2.43. The molecule has 0 nitrogen and oxygen atoms in total. The van der Waals surface area contributed by atoms with Gasteiger partial charge in [0, 0.05) is 0 Å². The second kappa shape index (κ2) is 7.25. The van der Waals surface area contributed by atoms with E-state index in [9.17, 15) is 0 Å². The van der Waals surface area contributed by atoms with Crippen LogP contribution >= 0.6 is 24.8 Å². The fourth-order valence-corrected chi connectivity index (χ4v) is 26.3. The Balaban J connectivity index is 2.34. The first-order valence-electron chi connectivity index (χ1n) is 6.93. The maximum atomic E-state index is 6.81. The first kappa shape index (κ1) is 16.2. The van der Waals surface area contributed by atoms with Gasteiger partial charge in [0.1, 0.15) is 0 Å². The molecule has 0 aromatic heterocycles. The van der Waals surface area contributed by atoms with Crippen LogP contribution in [0.5, 0.6) is 0 Å². The molecule has 115 valence electrons. The molecule has 0 atom stereocenters. The van der Waals surface area contributed by atoms with Crippen LogP contribution in [0.3, 0.4) is 0 Å². The molecule has 0 radical (unpaired) electrons. The zero-order valence-corrected chi connectivity index (χ0v) is 16.8. The van der Waals surface area contributed by atoms with Gasteiger partial charge in [0.05, 0.1) is 0 Å². The Labute approximate surface area is 145 Å². The molecular weight excluding hydrogens is 508 g/mol. The molecule has 0 fully saturated rings. The molecule has 3 rings (SSSR count). The molecule has 22 heavy (non-hydrogen) atoms. The van der Waals surface area contributed by atoms with Crippen LogP contribution in [0.1, 0.15) is 0 Å². The van der Waals surface area contributed by atoms with Gasteiger partial charge in [-0.1, -0.05) is 0 Å². The molecule has 0 spiro atoms. The molecule has 0 unspecified atom stereocenters. The summed E-state index contributed by atoms with van der Waals surface area (Å²) in [6, 6.07) is 31.7. The van der Waals surface area contributed by atoms with Crippen molar-refractivity contribution in [2.75, 3.05) is 0 Å². The second-order valence-electron chi connectivity index (χ2n) is 4.92. The third kappa shape index (κ3) is 2.89. The van der Waals surface area contributed by atoms with Crippen LogP contribution in [0.4, 0.5) is 0 Å². The van der Waals surface area contributed by atoms with E-state index in [1.54, 1.807) is 0 Å². The fourth-order valence-electron chi connectivity index (χ4n) is 2.72. The standard InChI is InChI=1S/C18H15P.2ClH.Os/c1-4-10-16(11-5-1)19(17-12-6-2-7-13-17)18-14-8-3-9-15-18;;;/h1-15H;2*1H;/q;;;+1/p-1. The number of halogens is 2. The van der Waals surface area contributed by atoms with Crippen LogP contribution < -0.4 is 15.9 Å². The van der Waals surface area contributed by atoms with E-state index in [2.05, 4.69) is 72.8 Å². The van der Waals surface area contributed by atoms with E-state index >= 15 is 0 Å². The van der Waals surface area contributed by atoms with Crippen molar-refractivity contribution in [3.8, 4) is 0 Å². The molecule has 0 bridgehead atoms. The molecule has 4 heteroatoms. The van der Waals surface area contributed by atoms with Gasteiger partial charge in [0.25, 0.3) is 0 Å². The second-order valence-corrected chi connectivity index (χ2v) is 27.0. The van der Waals surface area contributed by atoms with Crippen molar-refractivity contribution in [2.24, 2.45) is 0 Å². The Hall–Kier alpha value is -0.694. The normalized spacial score (nSPS) is 12.7. The topological polar surface area (TPSA) is 0 Å². The van der Waals surface area contributed by atoms with Crippen molar-refractivity contribution in [3.05, 3.63) is 91.0 Å². The van der Waals surface area contributed by atoms with Crippen LogP contribution in [0.2, 0.25) is 0 Å². The SMILES string of the molecule is [Cl][Os]([Cl])[PH](c1ccccc1)(c1ccccc1)c1ccccc1. The molecule has 0 N–H and O–H groups in total. The molecule has 0 amide bonds. The first-order valence-corrected chi connectivity index (χ1v) is 18.9. The monoisotopic (exact) mass is 525 g/mol. The molecule has 0 aliphatic rings. The zero-order valence-electron chi connectivity index (χ0n) is 11.8. The predicted octanol–water partition coefficient (Wildman–Crippen LogP) is 4.55. The summed E-state index contributed by atoms with van der Waals surface area (Å²) in [4.78, 5) is 0. The predicted molar refractivity (Wildman–Crippen MR) is 98.2 cm³/mol. The van der Waals surface area contributed by atoms with E-state index in [1.165, 1.54) is 15.9 Å². The third-order valence-electron chi connectivity index (χ3n) is 3.69. The van der Waals surface area contributed by atoms with Crippen LogP contribution in [0.25, 0.3) is 0 Å². The summed E-state index contributed by atoms with van der Waals surface area (Å²) in [5.41, 5.74) is -2.29. The van der Waals surface area contributed by atoms with Crippen molar-refractivity contribution in [3.63, 3.8) is 0 Å². The van der Waals surface area contributed by atoms with Crippen molar-refractivity contribution in [1.82, 2.24) is 0 Å². The van der Waals surface area contributed by atoms with Gasteiger partial charge in [0.2, 0.25) is 0 Å². The van der Waals surface area contributed by atoms with E-state index in [0.29, 0.717) is 0 Å². The number of hydrogen-bond donors (Lipinski definition) is 0. The summed E-state index contributed by atoms with van der Waals surface area (Å²) in [5.74, 6) is 0. The van der Waals surface area contributed by atoms with Gasteiger partial charge in [0.15, 0.2) is 0 Å². The number of hydrogen-bond acceptors (Lipinski definition) is 0. The Morgan fingerprint density at radius 3 is 1.00 bits per heavy atom. The zero-order chi connectivity index (χ0) is 15.4. The van der Waals surface area contributed by atoms with Gasteiger partial charge in [-0.05, 0) is 0 Å². The molecular formula is C18H16Cl2OsP. The van der Waals surface area contributed by atoms with E-state index in [4.69, 9.17) is 19.3 Å². The molecule has 0 saturated heterocycles. The van der Waals surface area contributed by atoms with Gasteiger partial charge >= 0.3 is 145 Å². The number of benzene rings is 3. The Bertz CT molecular complexity index is 621. The Morgan fingerprint density at radius 1 is 0.500 bits per heavy atom. The summed E-state index contributed by atoms with van der Waals surface area (Å²) in [6.45, 7) is 0. The van der Waals surface area contributed by atoms with Crippen LogP contribution in [0, 0.1) is 0 Å². The van der Waals surface area contributed by atoms with Crippen molar-refractivity contribution >= 4 is 40.7 Å². The average Bonchev–Trinajstić information content (AvgIpc) is 2.58. The van der Waals surface area contributed by atoms with E-state index in [-0.39, 0.29) is 0 Å². The Morgan fingerprint density at radius 2 is 0.773 bits per heavy atom. The van der Waals surface area contributed by atoms with Crippen LogP contribution in [-0.2, 0) is 13.7 Å². The minimum absolute atomic E-state index is 1.30. The third-order valence-corrected chi connectivity index (χ3v) is 28.2. The Kier molecular flexibility index (Phi) is 5.33. The van der Waals surface area contributed by atoms with Crippen molar-refractivity contribution in [2.45, 2.75) is 0 Å². The van der Waals surface area contributed by atoms with Crippen LogP contribution in [-0.4, -0.2) is 0 Å². The maximum absolute atomic E-state index is 6.81. The summed E-state index contributed by atoms with van der Waals surface area (Å²) in [6.07, 6.45) is 0. The van der Waals surface area contributed by atoms with E-state index in [0.717, 1.165) is 0 Å². The molecule has 0 aliphatic carbocycles.